The fraction of sp³-hybridized carbons (Fsp3) is 0.217. The molecule has 0 aliphatic carbocycles. The van der Waals surface area contributed by atoms with Gasteiger partial charge in [-0.25, -0.2) is 8.42 Å². The Morgan fingerprint density at radius 3 is 2.27 bits per heavy atom. The van der Waals surface area contributed by atoms with Gasteiger partial charge in [-0.15, -0.1) is 0 Å². The molecule has 1 amide bonds. The summed E-state index contributed by atoms with van der Waals surface area (Å²) in [5.41, 5.74) is 2.13. The van der Waals surface area contributed by atoms with Crippen LogP contribution in [0, 0.1) is 0 Å². The molecule has 30 heavy (non-hydrogen) atoms. The Hall–Kier alpha value is -3.03. The van der Waals surface area contributed by atoms with Crippen LogP contribution in [0.3, 0.4) is 0 Å². The molecule has 7 heteroatoms. The van der Waals surface area contributed by atoms with E-state index in [0.717, 1.165) is 24.0 Å². The third kappa shape index (κ3) is 4.27. The minimum absolute atomic E-state index is 0.150. The zero-order valence-electron chi connectivity index (χ0n) is 16.4. The van der Waals surface area contributed by atoms with Crippen molar-refractivity contribution in [3.8, 4) is 0 Å². The van der Waals surface area contributed by atoms with E-state index in [4.69, 9.17) is 0 Å². The van der Waals surface area contributed by atoms with E-state index in [0.29, 0.717) is 18.7 Å². The van der Waals surface area contributed by atoms with Crippen LogP contribution in [0.1, 0.15) is 40.4 Å². The first-order chi connectivity index (χ1) is 14.6. The summed E-state index contributed by atoms with van der Waals surface area (Å²) in [6, 6.07) is 19.2. The molecule has 0 saturated carbocycles. The van der Waals surface area contributed by atoms with E-state index in [9.17, 15) is 13.2 Å². The maximum Gasteiger partial charge on any atom is 0.252 e. The highest BCUT2D eigenvalue weighted by atomic mass is 32.2. The second kappa shape index (κ2) is 8.77. The molecule has 4 rings (SSSR count). The van der Waals surface area contributed by atoms with Crippen molar-refractivity contribution in [2.45, 2.75) is 23.8 Å². The van der Waals surface area contributed by atoms with Gasteiger partial charge in [0.05, 0.1) is 10.9 Å². The van der Waals surface area contributed by atoms with Gasteiger partial charge in [0.1, 0.15) is 0 Å². The van der Waals surface area contributed by atoms with E-state index in [2.05, 4.69) is 10.3 Å². The van der Waals surface area contributed by atoms with E-state index in [1.807, 2.05) is 42.5 Å². The van der Waals surface area contributed by atoms with Gasteiger partial charge in [0.25, 0.3) is 5.91 Å². The van der Waals surface area contributed by atoms with Crippen molar-refractivity contribution in [1.82, 2.24) is 14.6 Å². The summed E-state index contributed by atoms with van der Waals surface area (Å²) < 4.78 is 27.2. The first-order valence-electron chi connectivity index (χ1n) is 9.92. The van der Waals surface area contributed by atoms with Crippen molar-refractivity contribution in [3.05, 3.63) is 95.8 Å². The van der Waals surface area contributed by atoms with Gasteiger partial charge in [0.15, 0.2) is 0 Å². The number of rotatable bonds is 6. The number of nitrogens with zero attached hydrogens (tertiary/aromatic N) is 2. The minimum Gasteiger partial charge on any atom is -0.341 e. The highest BCUT2D eigenvalue weighted by Crippen LogP contribution is 2.24. The van der Waals surface area contributed by atoms with Crippen LogP contribution in [0.4, 0.5) is 0 Å². The summed E-state index contributed by atoms with van der Waals surface area (Å²) in [5, 5.41) is 3.04. The molecular weight excluding hydrogens is 398 g/mol. The summed E-state index contributed by atoms with van der Waals surface area (Å²) in [5.74, 6) is -0.334. The molecule has 2 heterocycles. The van der Waals surface area contributed by atoms with E-state index in [-0.39, 0.29) is 16.8 Å². The maximum atomic E-state index is 13.1. The summed E-state index contributed by atoms with van der Waals surface area (Å²) in [6.45, 7) is 1.05. The van der Waals surface area contributed by atoms with Gasteiger partial charge in [-0.2, -0.15) is 4.31 Å². The lowest BCUT2D eigenvalue weighted by molar-refractivity contribution is 0.0942. The van der Waals surface area contributed by atoms with Crippen molar-refractivity contribution >= 4 is 15.9 Å². The number of aromatic nitrogens is 1. The van der Waals surface area contributed by atoms with Gasteiger partial charge < -0.3 is 5.32 Å². The van der Waals surface area contributed by atoms with Crippen LogP contribution in [0.2, 0.25) is 0 Å². The van der Waals surface area contributed by atoms with Crippen LogP contribution >= 0.6 is 0 Å². The molecule has 6 nitrogen and oxygen atoms in total. The summed E-state index contributed by atoms with van der Waals surface area (Å²) in [6.07, 6.45) is 5.09. The SMILES string of the molecule is O=C(N[C@@H](c1ccccc1)c1ccncc1)c1cccc(S(=O)(=O)N2CCCC2)c1. The predicted octanol–water partition coefficient (Wildman–Crippen LogP) is 3.39. The van der Waals surface area contributed by atoms with Crippen molar-refractivity contribution in [2.24, 2.45) is 0 Å². The largest absolute Gasteiger partial charge is 0.341 e. The summed E-state index contributed by atoms with van der Waals surface area (Å²) >= 11 is 0. The lowest BCUT2D eigenvalue weighted by Crippen LogP contribution is -2.30. The van der Waals surface area contributed by atoms with Crippen LogP contribution in [-0.2, 0) is 10.0 Å². The van der Waals surface area contributed by atoms with Crippen LogP contribution in [0.25, 0.3) is 0 Å². The molecule has 1 aliphatic heterocycles. The fourth-order valence-electron chi connectivity index (χ4n) is 3.65. The number of hydrogen-bond donors (Lipinski definition) is 1. The molecule has 0 bridgehead atoms. The Kier molecular flexibility index (Phi) is 5.92. The molecule has 1 fully saturated rings. The molecule has 1 aliphatic rings. The van der Waals surface area contributed by atoms with E-state index < -0.39 is 10.0 Å². The van der Waals surface area contributed by atoms with Gasteiger partial charge in [0, 0.05) is 31.0 Å². The fourth-order valence-corrected chi connectivity index (χ4v) is 5.21. The van der Waals surface area contributed by atoms with E-state index in [1.165, 1.54) is 10.4 Å². The first-order valence-corrected chi connectivity index (χ1v) is 11.4. The van der Waals surface area contributed by atoms with Crippen LogP contribution < -0.4 is 5.32 Å². The van der Waals surface area contributed by atoms with Gasteiger partial charge in [0.2, 0.25) is 10.0 Å². The topological polar surface area (TPSA) is 79.4 Å². The number of hydrogen-bond acceptors (Lipinski definition) is 4. The highest BCUT2D eigenvalue weighted by Gasteiger charge is 2.28. The molecule has 0 unspecified atom stereocenters. The van der Waals surface area contributed by atoms with Gasteiger partial charge >= 0.3 is 0 Å². The first kappa shape index (κ1) is 20.3. The van der Waals surface area contributed by atoms with E-state index in [1.54, 1.807) is 30.6 Å². The van der Waals surface area contributed by atoms with Crippen LogP contribution in [0.15, 0.2) is 84.0 Å². The van der Waals surface area contributed by atoms with Crippen LogP contribution in [-0.4, -0.2) is 36.7 Å². The van der Waals surface area contributed by atoms with Crippen molar-refractivity contribution < 1.29 is 13.2 Å². The number of benzene rings is 2. The molecule has 1 atom stereocenters. The van der Waals surface area contributed by atoms with Gasteiger partial charge in [-0.3, -0.25) is 9.78 Å². The molecule has 1 saturated heterocycles. The summed E-state index contributed by atoms with van der Waals surface area (Å²) in [4.78, 5) is 17.3. The second-order valence-corrected chi connectivity index (χ2v) is 9.17. The lowest BCUT2D eigenvalue weighted by atomic mass is 9.99. The molecule has 1 N–H and O–H groups in total. The maximum absolute atomic E-state index is 13.1. The molecule has 1 aromatic heterocycles. The minimum atomic E-state index is -3.58. The Balaban J connectivity index is 1.62. The Morgan fingerprint density at radius 1 is 0.900 bits per heavy atom. The monoisotopic (exact) mass is 421 g/mol. The number of carbonyl (C=O) groups excluding carboxylic acids is 1. The normalized spacial score (nSPS) is 15.6. The summed E-state index contributed by atoms with van der Waals surface area (Å²) in [7, 11) is -3.58. The molecule has 0 radical (unpaired) electrons. The van der Waals surface area contributed by atoms with Gasteiger partial charge in [-0.1, -0.05) is 36.4 Å². The third-order valence-corrected chi connectivity index (χ3v) is 7.14. The lowest BCUT2D eigenvalue weighted by Gasteiger charge is -2.20. The molecule has 0 spiro atoms. The molecular formula is C23H23N3O3S. The zero-order chi connectivity index (χ0) is 21.0. The molecule has 3 aromatic rings. The average molecular weight is 422 g/mol. The standard InChI is InChI=1S/C23H23N3O3S/c27-23(20-9-6-10-21(17-20)30(28,29)26-15-4-5-16-26)25-22(18-7-2-1-3-8-18)19-11-13-24-14-12-19/h1-3,6-14,17,22H,4-5,15-16H2,(H,25,27)/t22-/m0/s1. The number of carbonyl (C=O) groups is 1. The zero-order valence-corrected chi connectivity index (χ0v) is 17.3. The Morgan fingerprint density at radius 2 is 1.57 bits per heavy atom. The van der Waals surface area contributed by atoms with Crippen molar-refractivity contribution in [1.29, 1.82) is 0 Å². The quantitative estimate of drug-likeness (QED) is 0.662. The molecule has 2 aromatic carbocycles. The third-order valence-electron chi connectivity index (χ3n) is 5.25. The predicted molar refractivity (Wildman–Crippen MR) is 114 cm³/mol. The number of sulfonamides is 1. The van der Waals surface area contributed by atoms with Gasteiger partial charge in [-0.05, 0) is 54.3 Å². The Bertz CT molecular complexity index is 1070. The molecule has 154 valence electrons. The number of amides is 1. The number of nitrogens with one attached hydrogen (secondary N) is 1. The Labute approximate surface area is 176 Å². The van der Waals surface area contributed by atoms with Crippen molar-refractivity contribution in [3.63, 3.8) is 0 Å². The van der Waals surface area contributed by atoms with Crippen LogP contribution in [0.5, 0.6) is 0 Å². The average Bonchev–Trinajstić information content (AvgIpc) is 3.34. The second-order valence-electron chi connectivity index (χ2n) is 7.24. The van der Waals surface area contributed by atoms with Crippen molar-refractivity contribution in [2.75, 3.05) is 13.1 Å². The van der Waals surface area contributed by atoms with E-state index >= 15 is 0 Å². The highest BCUT2D eigenvalue weighted by molar-refractivity contribution is 7.89. The number of pyridine rings is 1. The smallest absolute Gasteiger partial charge is 0.252 e.